The van der Waals surface area contributed by atoms with Gasteiger partial charge in [0, 0.05) is 0 Å². The standard InChI is InChI=1S/C11H14F2NO3P/c12-11(13,18-15-10(16-18)17-18)9-5-3-8(4-6-9)2-1-7-14/h3-6,10,18H,1-2,7,14H2. The van der Waals surface area contributed by atoms with E-state index in [1.54, 1.807) is 12.1 Å². The van der Waals surface area contributed by atoms with Gasteiger partial charge in [-0.05, 0) is 0 Å². The molecule has 0 amide bonds. The van der Waals surface area contributed by atoms with Crippen molar-refractivity contribution in [3.63, 3.8) is 0 Å². The van der Waals surface area contributed by atoms with Crippen LogP contribution in [0.15, 0.2) is 24.3 Å². The third-order valence-corrected chi connectivity index (χ3v) is 5.69. The van der Waals surface area contributed by atoms with Gasteiger partial charge in [-0.15, -0.1) is 0 Å². The molecule has 0 saturated carbocycles. The van der Waals surface area contributed by atoms with E-state index in [1.165, 1.54) is 12.1 Å². The maximum atomic E-state index is 14.1. The first kappa shape index (κ1) is 12.4. The van der Waals surface area contributed by atoms with Crippen LogP contribution in [-0.4, -0.2) is 13.0 Å². The van der Waals surface area contributed by atoms with Crippen molar-refractivity contribution in [2.24, 2.45) is 5.73 Å². The second-order valence-electron chi connectivity index (χ2n) is 4.36. The first-order chi connectivity index (χ1) is 8.57. The Balaban J connectivity index is 1.75. The molecule has 18 heavy (non-hydrogen) atoms. The fourth-order valence-corrected chi connectivity index (χ4v) is 3.77. The van der Waals surface area contributed by atoms with E-state index in [0.29, 0.717) is 6.54 Å². The molecular weight excluding hydrogens is 263 g/mol. The first-order valence-corrected chi connectivity index (χ1v) is 7.51. The molecule has 3 saturated heterocycles. The molecule has 0 aliphatic carbocycles. The van der Waals surface area contributed by atoms with Crippen LogP contribution in [0.2, 0.25) is 0 Å². The Morgan fingerprint density at radius 3 is 2.22 bits per heavy atom. The topological polar surface area (TPSA) is 53.7 Å². The van der Waals surface area contributed by atoms with Gasteiger partial charge in [0.05, 0.1) is 0 Å². The molecule has 1 aromatic rings. The summed E-state index contributed by atoms with van der Waals surface area (Å²) >= 11 is 0. The summed E-state index contributed by atoms with van der Waals surface area (Å²) < 4.78 is 42.7. The Morgan fingerprint density at radius 2 is 1.78 bits per heavy atom. The molecule has 4 rings (SSSR count). The third kappa shape index (κ3) is 1.68. The van der Waals surface area contributed by atoms with E-state index < -0.39 is 20.1 Å². The van der Waals surface area contributed by atoms with Gasteiger partial charge in [0.25, 0.3) is 0 Å². The molecule has 3 fully saturated rings. The fourth-order valence-electron chi connectivity index (χ4n) is 1.99. The van der Waals surface area contributed by atoms with E-state index in [4.69, 9.17) is 19.3 Å². The Labute approximate surface area is 104 Å². The van der Waals surface area contributed by atoms with Crippen LogP contribution < -0.4 is 5.73 Å². The van der Waals surface area contributed by atoms with Crippen molar-refractivity contribution in [3.8, 4) is 0 Å². The number of alkyl halides is 2. The van der Waals surface area contributed by atoms with Crippen molar-refractivity contribution in [2.75, 3.05) is 6.54 Å². The molecule has 0 radical (unpaired) electrons. The molecule has 2 bridgehead atoms. The van der Waals surface area contributed by atoms with Crippen LogP contribution in [0.25, 0.3) is 0 Å². The Hall–Kier alpha value is -0.650. The van der Waals surface area contributed by atoms with Gasteiger partial charge < -0.3 is 0 Å². The Kier molecular flexibility index (Phi) is 2.88. The average molecular weight is 277 g/mol. The molecule has 0 unspecified atom stereocenters. The van der Waals surface area contributed by atoms with Crippen molar-refractivity contribution in [3.05, 3.63) is 35.4 Å². The van der Waals surface area contributed by atoms with E-state index in [9.17, 15) is 8.78 Å². The number of nitrogens with two attached hydrogens (primary N) is 1. The first-order valence-electron chi connectivity index (χ1n) is 5.78. The zero-order valence-electron chi connectivity index (χ0n) is 9.57. The van der Waals surface area contributed by atoms with Crippen LogP contribution >= 0.6 is 7.94 Å². The summed E-state index contributed by atoms with van der Waals surface area (Å²) in [6.45, 7) is -0.267. The Bertz CT molecular complexity index is 437. The van der Waals surface area contributed by atoms with Crippen molar-refractivity contribution < 1.29 is 22.4 Å². The number of halogens is 2. The van der Waals surface area contributed by atoms with Crippen LogP contribution in [0, 0.1) is 0 Å². The number of hydrogen-bond donors (Lipinski definition) is 1. The monoisotopic (exact) mass is 277 g/mol. The van der Waals surface area contributed by atoms with Gasteiger partial charge >= 0.3 is 103 Å². The van der Waals surface area contributed by atoms with Gasteiger partial charge in [-0.2, -0.15) is 0 Å². The quantitative estimate of drug-likeness (QED) is 0.840. The summed E-state index contributed by atoms with van der Waals surface area (Å²) in [5.41, 5.74) is 3.09. The summed E-state index contributed by atoms with van der Waals surface area (Å²) in [5, 5.41) is 0. The summed E-state index contributed by atoms with van der Waals surface area (Å²) in [6.07, 6.45) is 1.63. The number of benzene rings is 1. The van der Waals surface area contributed by atoms with Crippen LogP contribution in [0.1, 0.15) is 17.5 Å². The average Bonchev–Trinajstić information content (AvgIpc) is 2.22. The number of aryl methyl sites for hydroxylation is 1. The molecule has 3 aliphatic rings. The molecule has 1 aromatic carbocycles. The molecule has 3 aliphatic heterocycles. The zero-order valence-corrected chi connectivity index (χ0v) is 10.6. The summed E-state index contributed by atoms with van der Waals surface area (Å²) in [6, 6.07) is 6.15. The molecule has 4 nitrogen and oxygen atoms in total. The third-order valence-electron chi connectivity index (χ3n) is 3.12. The van der Waals surface area contributed by atoms with E-state index in [0.717, 1.165) is 18.4 Å². The number of hydrogen-bond acceptors (Lipinski definition) is 4. The molecular formula is C11H14F2NO3P. The van der Waals surface area contributed by atoms with E-state index in [-0.39, 0.29) is 5.56 Å². The summed E-state index contributed by atoms with van der Waals surface area (Å²) in [5.74, 6) is 0. The summed E-state index contributed by atoms with van der Waals surface area (Å²) in [4.78, 5) is 0. The molecule has 2 N–H and O–H groups in total. The normalized spacial score (nSPS) is 26.1. The van der Waals surface area contributed by atoms with E-state index in [1.807, 2.05) is 0 Å². The minimum absolute atomic E-state index is 0.121. The van der Waals surface area contributed by atoms with Crippen LogP contribution in [0.4, 0.5) is 8.78 Å². The molecule has 100 valence electrons. The van der Waals surface area contributed by atoms with Gasteiger partial charge in [0.15, 0.2) is 0 Å². The van der Waals surface area contributed by atoms with Crippen molar-refractivity contribution >= 4 is 7.94 Å². The molecule has 3 heterocycles. The molecule has 7 heteroatoms. The zero-order chi connectivity index (χ0) is 12.8. The van der Waals surface area contributed by atoms with Crippen molar-refractivity contribution in [1.29, 1.82) is 0 Å². The van der Waals surface area contributed by atoms with Gasteiger partial charge in [0.1, 0.15) is 0 Å². The van der Waals surface area contributed by atoms with Gasteiger partial charge in [-0.3, -0.25) is 0 Å². The second-order valence-corrected chi connectivity index (χ2v) is 6.81. The van der Waals surface area contributed by atoms with Gasteiger partial charge in [-0.25, -0.2) is 0 Å². The van der Waals surface area contributed by atoms with E-state index >= 15 is 0 Å². The predicted octanol–water partition coefficient (Wildman–Crippen LogP) is 2.48. The van der Waals surface area contributed by atoms with E-state index in [2.05, 4.69) is 0 Å². The van der Waals surface area contributed by atoms with Crippen molar-refractivity contribution in [1.82, 2.24) is 0 Å². The SMILES string of the molecule is NCCCc1ccc(C(F)(F)[PH]23OC(O2)O3)cc1. The minimum atomic E-state index is -3.72. The van der Waals surface area contributed by atoms with Crippen LogP contribution in [0.5, 0.6) is 0 Å². The van der Waals surface area contributed by atoms with Crippen molar-refractivity contribution in [2.45, 2.75) is 25.0 Å². The molecule has 0 atom stereocenters. The number of rotatable bonds is 5. The fraction of sp³-hybridized carbons (Fsp3) is 0.455. The van der Waals surface area contributed by atoms with Crippen LogP contribution in [-0.2, 0) is 25.7 Å². The second kappa shape index (κ2) is 4.18. The van der Waals surface area contributed by atoms with Gasteiger partial charge in [-0.1, -0.05) is 0 Å². The Morgan fingerprint density at radius 1 is 1.17 bits per heavy atom. The molecule has 0 aromatic heterocycles. The molecule has 0 spiro atoms. The maximum absolute atomic E-state index is 14.1. The van der Waals surface area contributed by atoms with Crippen LogP contribution in [0.3, 0.4) is 0 Å². The summed E-state index contributed by atoms with van der Waals surface area (Å²) in [7, 11) is -3.72. The van der Waals surface area contributed by atoms with Gasteiger partial charge in [0.2, 0.25) is 0 Å². The predicted molar refractivity (Wildman–Crippen MR) is 63.1 cm³/mol.